The monoisotopic (exact) mass is 242 g/mol. The van der Waals surface area contributed by atoms with Crippen LogP contribution in [0.4, 0.5) is 4.79 Å². The zero-order valence-corrected chi connectivity index (χ0v) is 10.8. The lowest BCUT2D eigenvalue weighted by Crippen LogP contribution is -2.55. The third-order valence-corrected chi connectivity index (χ3v) is 3.81. The van der Waals surface area contributed by atoms with Gasteiger partial charge >= 0.3 is 12.0 Å². The van der Waals surface area contributed by atoms with Gasteiger partial charge in [-0.2, -0.15) is 0 Å². The third kappa shape index (κ3) is 3.35. The molecule has 0 aromatic heterocycles. The van der Waals surface area contributed by atoms with Gasteiger partial charge in [0, 0.05) is 12.1 Å². The molecule has 1 unspecified atom stereocenters. The summed E-state index contributed by atoms with van der Waals surface area (Å²) in [4.78, 5) is 22.7. The Kier molecular flexibility index (Phi) is 4.01. The van der Waals surface area contributed by atoms with Gasteiger partial charge in [0.1, 0.15) is 0 Å². The first-order valence-corrected chi connectivity index (χ1v) is 6.11. The van der Waals surface area contributed by atoms with Crippen LogP contribution in [0.1, 0.15) is 46.5 Å². The van der Waals surface area contributed by atoms with Crippen molar-refractivity contribution in [3.05, 3.63) is 0 Å². The summed E-state index contributed by atoms with van der Waals surface area (Å²) in [6.45, 7) is 5.61. The molecule has 1 atom stereocenters. The number of carbonyl (C=O) groups is 2. The molecule has 5 nitrogen and oxygen atoms in total. The number of urea groups is 1. The Balaban J connectivity index is 2.39. The van der Waals surface area contributed by atoms with Gasteiger partial charge in [0.05, 0.1) is 5.41 Å². The fourth-order valence-corrected chi connectivity index (χ4v) is 1.78. The molecule has 0 aromatic carbocycles. The molecule has 1 saturated carbocycles. The fraction of sp³-hybridized carbons (Fsp3) is 0.833. The van der Waals surface area contributed by atoms with E-state index in [1.165, 1.54) is 0 Å². The maximum Gasteiger partial charge on any atom is 0.315 e. The summed E-state index contributed by atoms with van der Waals surface area (Å²) in [7, 11) is 0. The molecule has 0 saturated heterocycles. The van der Waals surface area contributed by atoms with Crippen LogP contribution in [0.15, 0.2) is 0 Å². The summed E-state index contributed by atoms with van der Waals surface area (Å²) in [5.74, 6) is -0.879. The number of aliphatic carboxylic acids is 1. The second kappa shape index (κ2) is 4.94. The van der Waals surface area contributed by atoms with Crippen molar-refractivity contribution in [3.8, 4) is 0 Å². The lowest BCUT2D eigenvalue weighted by Gasteiger charge is -2.39. The van der Waals surface area contributed by atoms with E-state index in [-0.39, 0.29) is 18.1 Å². The molecule has 0 bridgehead atoms. The minimum atomic E-state index is -0.891. The molecule has 0 aliphatic heterocycles. The summed E-state index contributed by atoms with van der Waals surface area (Å²) in [6.07, 6.45) is 3.60. The van der Waals surface area contributed by atoms with Crippen molar-refractivity contribution in [2.75, 3.05) is 6.54 Å². The smallest absolute Gasteiger partial charge is 0.315 e. The quantitative estimate of drug-likeness (QED) is 0.687. The summed E-state index contributed by atoms with van der Waals surface area (Å²) in [5.41, 5.74) is -0.992. The highest BCUT2D eigenvalue weighted by Gasteiger charge is 2.35. The number of hydrogen-bond donors (Lipinski definition) is 3. The van der Waals surface area contributed by atoms with Gasteiger partial charge in [-0.1, -0.05) is 6.92 Å². The molecule has 17 heavy (non-hydrogen) atoms. The lowest BCUT2D eigenvalue weighted by molar-refractivity contribution is -0.147. The molecule has 5 heteroatoms. The molecule has 0 aromatic rings. The Labute approximate surface area is 102 Å². The number of hydrogen-bond acceptors (Lipinski definition) is 2. The van der Waals surface area contributed by atoms with Crippen LogP contribution in [-0.2, 0) is 4.79 Å². The Morgan fingerprint density at radius 1 is 1.41 bits per heavy atom. The summed E-state index contributed by atoms with van der Waals surface area (Å²) in [6, 6.07) is -0.270. The van der Waals surface area contributed by atoms with Crippen molar-refractivity contribution in [2.45, 2.75) is 52.0 Å². The summed E-state index contributed by atoms with van der Waals surface area (Å²) in [5, 5.41) is 14.6. The fourth-order valence-electron chi connectivity index (χ4n) is 1.78. The maximum atomic E-state index is 11.6. The van der Waals surface area contributed by atoms with Crippen LogP contribution in [0.3, 0.4) is 0 Å². The molecule has 0 radical (unpaired) electrons. The number of carboxylic acid groups (broad SMARTS) is 1. The van der Waals surface area contributed by atoms with Crippen molar-refractivity contribution < 1.29 is 14.7 Å². The van der Waals surface area contributed by atoms with Gasteiger partial charge in [-0.15, -0.1) is 0 Å². The van der Waals surface area contributed by atoms with Crippen molar-refractivity contribution in [3.63, 3.8) is 0 Å². The van der Waals surface area contributed by atoms with Gasteiger partial charge in [-0.3, -0.25) is 4.79 Å². The number of rotatable bonds is 5. The Morgan fingerprint density at radius 2 is 2.00 bits per heavy atom. The second-order valence-electron chi connectivity index (χ2n) is 5.44. The highest BCUT2D eigenvalue weighted by Crippen LogP contribution is 2.30. The SMILES string of the molecule is CCC(C)(CNC(=O)NC1(C)CCC1)C(=O)O. The van der Waals surface area contributed by atoms with E-state index >= 15 is 0 Å². The van der Waals surface area contributed by atoms with E-state index in [0.717, 1.165) is 19.3 Å². The van der Waals surface area contributed by atoms with E-state index in [1.807, 2.05) is 6.92 Å². The van der Waals surface area contributed by atoms with E-state index in [1.54, 1.807) is 13.8 Å². The molecule has 1 fully saturated rings. The zero-order chi connectivity index (χ0) is 13.1. The minimum absolute atomic E-state index is 0.101. The van der Waals surface area contributed by atoms with Crippen molar-refractivity contribution in [1.82, 2.24) is 10.6 Å². The Hall–Kier alpha value is -1.26. The molecule has 1 aliphatic rings. The minimum Gasteiger partial charge on any atom is -0.481 e. The lowest BCUT2D eigenvalue weighted by atomic mass is 9.79. The van der Waals surface area contributed by atoms with E-state index in [9.17, 15) is 9.59 Å². The van der Waals surface area contributed by atoms with Crippen molar-refractivity contribution >= 4 is 12.0 Å². The first kappa shape index (κ1) is 13.8. The van der Waals surface area contributed by atoms with Crippen LogP contribution in [0.2, 0.25) is 0 Å². The van der Waals surface area contributed by atoms with Gasteiger partial charge in [-0.25, -0.2) is 4.79 Å². The van der Waals surface area contributed by atoms with Gasteiger partial charge in [0.25, 0.3) is 0 Å². The average molecular weight is 242 g/mol. The van der Waals surface area contributed by atoms with Crippen LogP contribution in [0.25, 0.3) is 0 Å². The van der Waals surface area contributed by atoms with Crippen LogP contribution < -0.4 is 10.6 Å². The normalized spacial score (nSPS) is 20.9. The first-order chi connectivity index (χ1) is 7.81. The molecule has 1 rings (SSSR count). The van der Waals surface area contributed by atoms with Crippen molar-refractivity contribution in [1.29, 1.82) is 0 Å². The number of amides is 2. The van der Waals surface area contributed by atoms with Crippen LogP contribution >= 0.6 is 0 Å². The topological polar surface area (TPSA) is 78.4 Å². The van der Waals surface area contributed by atoms with Crippen LogP contribution in [-0.4, -0.2) is 29.2 Å². The van der Waals surface area contributed by atoms with Crippen molar-refractivity contribution in [2.24, 2.45) is 5.41 Å². The average Bonchev–Trinajstić information content (AvgIpc) is 2.23. The number of carboxylic acids is 1. The van der Waals surface area contributed by atoms with Crippen LogP contribution in [0, 0.1) is 5.41 Å². The van der Waals surface area contributed by atoms with E-state index in [0.29, 0.717) is 6.42 Å². The molecule has 2 amide bonds. The first-order valence-electron chi connectivity index (χ1n) is 6.11. The molecule has 1 aliphatic carbocycles. The number of nitrogens with one attached hydrogen (secondary N) is 2. The molecular weight excluding hydrogens is 220 g/mol. The predicted molar refractivity (Wildman–Crippen MR) is 64.8 cm³/mol. The van der Waals surface area contributed by atoms with Gasteiger partial charge < -0.3 is 15.7 Å². The summed E-state index contributed by atoms with van der Waals surface area (Å²) >= 11 is 0. The molecule has 98 valence electrons. The van der Waals surface area contributed by atoms with E-state index in [4.69, 9.17) is 5.11 Å². The largest absolute Gasteiger partial charge is 0.481 e. The molecule has 0 spiro atoms. The third-order valence-electron chi connectivity index (χ3n) is 3.81. The Bertz CT molecular complexity index is 313. The van der Waals surface area contributed by atoms with Crippen LogP contribution in [0.5, 0.6) is 0 Å². The molecule has 0 heterocycles. The standard InChI is InChI=1S/C12H22N2O3/c1-4-11(2,9(15)16)8-13-10(17)14-12(3)6-5-7-12/h4-8H2,1-3H3,(H,15,16)(H2,13,14,17). The van der Waals surface area contributed by atoms with Gasteiger partial charge in [0.15, 0.2) is 0 Å². The molecule has 3 N–H and O–H groups in total. The predicted octanol–water partition coefficient (Wildman–Crippen LogP) is 1.73. The number of carbonyl (C=O) groups excluding carboxylic acids is 1. The van der Waals surface area contributed by atoms with E-state index < -0.39 is 11.4 Å². The van der Waals surface area contributed by atoms with Gasteiger partial charge in [0.2, 0.25) is 0 Å². The summed E-state index contributed by atoms with van der Waals surface area (Å²) < 4.78 is 0. The molecular formula is C12H22N2O3. The Morgan fingerprint density at radius 3 is 2.35 bits per heavy atom. The zero-order valence-electron chi connectivity index (χ0n) is 10.8. The second-order valence-corrected chi connectivity index (χ2v) is 5.44. The maximum absolute atomic E-state index is 11.6. The highest BCUT2D eigenvalue weighted by atomic mass is 16.4. The van der Waals surface area contributed by atoms with Gasteiger partial charge in [-0.05, 0) is 39.5 Å². The van der Waals surface area contributed by atoms with E-state index in [2.05, 4.69) is 10.6 Å². The highest BCUT2D eigenvalue weighted by molar-refractivity contribution is 5.78.